The second kappa shape index (κ2) is 7.83. The van der Waals surface area contributed by atoms with Gasteiger partial charge in [0.25, 0.3) is 11.8 Å². The molecule has 1 heterocycles. The van der Waals surface area contributed by atoms with Crippen molar-refractivity contribution in [2.24, 2.45) is 0 Å². The summed E-state index contributed by atoms with van der Waals surface area (Å²) in [5.41, 5.74) is 0.582. The van der Waals surface area contributed by atoms with E-state index in [1.807, 2.05) is 0 Å². The number of imide groups is 2. The van der Waals surface area contributed by atoms with E-state index in [9.17, 15) is 14.4 Å². The standard InChI is InChI=1S/C20H18N2O6/c1-26-13-6-4-12(5-7-13)10-15-18(23)21-20(25)22(19(15)24)16-11-14(27-2)8-9-17(16)28-3/h4-11H,1-3H3,(H,21,23,25)/b15-10-. The van der Waals surface area contributed by atoms with Crippen molar-refractivity contribution in [1.82, 2.24) is 5.32 Å². The van der Waals surface area contributed by atoms with Gasteiger partial charge in [-0.1, -0.05) is 12.1 Å². The molecule has 1 aliphatic heterocycles. The van der Waals surface area contributed by atoms with E-state index < -0.39 is 17.8 Å². The summed E-state index contributed by atoms with van der Waals surface area (Å²) in [5.74, 6) is -0.198. The predicted octanol–water partition coefficient (Wildman–Crippen LogP) is 2.38. The number of nitrogens with zero attached hydrogens (tertiary/aromatic N) is 1. The van der Waals surface area contributed by atoms with Crippen LogP contribution in [0.2, 0.25) is 0 Å². The van der Waals surface area contributed by atoms with E-state index >= 15 is 0 Å². The molecule has 0 atom stereocenters. The number of methoxy groups -OCH3 is 3. The minimum Gasteiger partial charge on any atom is -0.497 e. The van der Waals surface area contributed by atoms with Crippen LogP contribution < -0.4 is 24.4 Å². The Bertz CT molecular complexity index is 965. The van der Waals surface area contributed by atoms with Gasteiger partial charge >= 0.3 is 6.03 Å². The van der Waals surface area contributed by atoms with Crippen LogP contribution in [0.15, 0.2) is 48.0 Å². The third kappa shape index (κ3) is 3.52. The second-order valence-corrected chi connectivity index (χ2v) is 5.77. The van der Waals surface area contributed by atoms with Gasteiger partial charge in [-0.25, -0.2) is 9.69 Å². The maximum absolute atomic E-state index is 13.0. The summed E-state index contributed by atoms with van der Waals surface area (Å²) in [6.07, 6.45) is 1.41. The van der Waals surface area contributed by atoms with Gasteiger partial charge in [0.1, 0.15) is 22.8 Å². The zero-order valence-electron chi connectivity index (χ0n) is 15.5. The average Bonchev–Trinajstić information content (AvgIpc) is 2.71. The summed E-state index contributed by atoms with van der Waals surface area (Å²) < 4.78 is 15.5. The summed E-state index contributed by atoms with van der Waals surface area (Å²) in [5, 5.41) is 2.18. The molecule has 8 nitrogen and oxygen atoms in total. The smallest absolute Gasteiger partial charge is 0.336 e. The highest BCUT2D eigenvalue weighted by Crippen LogP contribution is 2.34. The molecule has 0 bridgehead atoms. The summed E-state index contributed by atoms with van der Waals surface area (Å²) in [6.45, 7) is 0. The van der Waals surface area contributed by atoms with Crippen LogP contribution in [-0.4, -0.2) is 39.2 Å². The predicted molar refractivity (Wildman–Crippen MR) is 102 cm³/mol. The Morgan fingerprint density at radius 1 is 0.857 bits per heavy atom. The first kappa shape index (κ1) is 19.0. The molecule has 0 radical (unpaired) electrons. The molecule has 1 N–H and O–H groups in total. The number of nitrogens with one attached hydrogen (secondary N) is 1. The van der Waals surface area contributed by atoms with Crippen LogP contribution in [-0.2, 0) is 9.59 Å². The number of anilines is 1. The molecular formula is C20H18N2O6. The fraction of sp³-hybridized carbons (Fsp3) is 0.150. The van der Waals surface area contributed by atoms with E-state index in [-0.39, 0.29) is 17.0 Å². The molecule has 0 spiro atoms. The zero-order chi connectivity index (χ0) is 20.3. The van der Waals surface area contributed by atoms with Gasteiger partial charge < -0.3 is 14.2 Å². The van der Waals surface area contributed by atoms with E-state index in [0.717, 1.165) is 4.90 Å². The molecule has 0 saturated carbocycles. The van der Waals surface area contributed by atoms with Gasteiger partial charge in [-0.3, -0.25) is 14.9 Å². The SMILES string of the molecule is COc1ccc(/C=C2/C(=O)NC(=O)N(c3cc(OC)ccc3OC)C2=O)cc1. The number of barbiturate groups is 1. The number of hydrogen-bond acceptors (Lipinski definition) is 6. The molecule has 1 saturated heterocycles. The molecule has 28 heavy (non-hydrogen) atoms. The van der Waals surface area contributed by atoms with E-state index in [1.165, 1.54) is 33.5 Å². The Kier molecular flexibility index (Phi) is 5.30. The Labute approximate surface area is 161 Å². The fourth-order valence-electron chi connectivity index (χ4n) is 2.71. The second-order valence-electron chi connectivity index (χ2n) is 5.77. The van der Waals surface area contributed by atoms with Crippen molar-refractivity contribution in [3.8, 4) is 17.2 Å². The monoisotopic (exact) mass is 382 g/mol. The highest BCUT2D eigenvalue weighted by molar-refractivity contribution is 6.39. The molecule has 0 unspecified atom stereocenters. The topological polar surface area (TPSA) is 94.2 Å². The van der Waals surface area contributed by atoms with Crippen LogP contribution in [0.4, 0.5) is 10.5 Å². The zero-order valence-corrected chi connectivity index (χ0v) is 15.5. The number of urea groups is 1. The van der Waals surface area contributed by atoms with Crippen molar-refractivity contribution in [3.05, 3.63) is 53.6 Å². The maximum Gasteiger partial charge on any atom is 0.336 e. The largest absolute Gasteiger partial charge is 0.497 e. The number of benzene rings is 2. The summed E-state index contributed by atoms with van der Waals surface area (Å²) >= 11 is 0. The van der Waals surface area contributed by atoms with Crippen LogP contribution >= 0.6 is 0 Å². The number of amides is 4. The lowest BCUT2D eigenvalue weighted by Crippen LogP contribution is -2.54. The van der Waals surface area contributed by atoms with E-state index in [2.05, 4.69) is 5.32 Å². The van der Waals surface area contributed by atoms with Gasteiger partial charge in [-0.15, -0.1) is 0 Å². The Hall–Kier alpha value is -3.81. The van der Waals surface area contributed by atoms with Crippen LogP contribution in [0.3, 0.4) is 0 Å². The molecule has 2 aromatic rings. The minimum absolute atomic E-state index is 0.164. The summed E-state index contributed by atoms with van der Waals surface area (Å²) in [6, 6.07) is 10.6. The average molecular weight is 382 g/mol. The first-order chi connectivity index (χ1) is 13.5. The lowest BCUT2D eigenvalue weighted by atomic mass is 10.1. The van der Waals surface area contributed by atoms with Gasteiger partial charge in [0, 0.05) is 6.07 Å². The quantitative estimate of drug-likeness (QED) is 0.630. The molecule has 144 valence electrons. The van der Waals surface area contributed by atoms with Crippen LogP contribution in [0, 0.1) is 0 Å². The van der Waals surface area contributed by atoms with Crippen molar-refractivity contribution in [2.75, 3.05) is 26.2 Å². The molecule has 0 aliphatic carbocycles. The maximum atomic E-state index is 13.0. The highest BCUT2D eigenvalue weighted by atomic mass is 16.5. The first-order valence-corrected chi connectivity index (χ1v) is 8.26. The Balaban J connectivity index is 2.04. The van der Waals surface area contributed by atoms with Crippen LogP contribution in [0.1, 0.15) is 5.56 Å². The van der Waals surface area contributed by atoms with Gasteiger partial charge in [0.2, 0.25) is 0 Å². The van der Waals surface area contributed by atoms with Gasteiger partial charge in [0.15, 0.2) is 0 Å². The summed E-state index contributed by atoms with van der Waals surface area (Å²) in [4.78, 5) is 38.5. The molecule has 4 amide bonds. The number of hydrogen-bond donors (Lipinski definition) is 1. The third-order valence-electron chi connectivity index (χ3n) is 4.16. The van der Waals surface area contributed by atoms with Gasteiger partial charge in [0.05, 0.1) is 27.0 Å². The van der Waals surface area contributed by atoms with E-state index in [0.29, 0.717) is 17.1 Å². The number of rotatable bonds is 5. The lowest BCUT2D eigenvalue weighted by Gasteiger charge is -2.27. The number of ether oxygens (including phenoxy) is 3. The minimum atomic E-state index is -0.867. The van der Waals surface area contributed by atoms with Crippen molar-refractivity contribution >= 4 is 29.6 Å². The van der Waals surface area contributed by atoms with Crippen LogP contribution in [0.25, 0.3) is 6.08 Å². The lowest BCUT2D eigenvalue weighted by molar-refractivity contribution is -0.122. The Morgan fingerprint density at radius 2 is 1.50 bits per heavy atom. The molecule has 0 aromatic heterocycles. The molecule has 1 fully saturated rings. The van der Waals surface area contributed by atoms with E-state index in [1.54, 1.807) is 36.4 Å². The molecular weight excluding hydrogens is 364 g/mol. The molecule has 2 aromatic carbocycles. The number of carbonyl (C=O) groups is 3. The normalized spacial score (nSPS) is 15.5. The molecule has 8 heteroatoms. The number of carbonyl (C=O) groups excluding carboxylic acids is 3. The fourth-order valence-corrected chi connectivity index (χ4v) is 2.71. The molecule has 3 rings (SSSR count). The van der Waals surface area contributed by atoms with Crippen molar-refractivity contribution in [2.45, 2.75) is 0 Å². The van der Waals surface area contributed by atoms with Crippen molar-refractivity contribution in [1.29, 1.82) is 0 Å². The highest BCUT2D eigenvalue weighted by Gasteiger charge is 2.38. The van der Waals surface area contributed by atoms with Gasteiger partial charge in [-0.2, -0.15) is 0 Å². The first-order valence-electron chi connectivity index (χ1n) is 8.26. The molecule has 1 aliphatic rings. The third-order valence-corrected chi connectivity index (χ3v) is 4.16. The van der Waals surface area contributed by atoms with Crippen LogP contribution in [0.5, 0.6) is 17.2 Å². The Morgan fingerprint density at radius 3 is 2.11 bits per heavy atom. The summed E-state index contributed by atoms with van der Waals surface area (Å²) in [7, 11) is 4.41. The van der Waals surface area contributed by atoms with Crippen molar-refractivity contribution in [3.63, 3.8) is 0 Å². The van der Waals surface area contributed by atoms with E-state index in [4.69, 9.17) is 14.2 Å². The van der Waals surface area contributed by atoms with Crippen molar-refractivity contribution < 1.29 is 28.6 Å². The van der Waals surface area contributed by atoms with Gasteiger partial charge in [-0.05, 0) is 35.9 Å².